The van der Waals surface area contributed by atoms with Gasteiger partial charge in [-0.1, -0.05) is 24.6 Å². The van der Waals surface area contributed by atoms with Crippen LogP contribution in [-0.4, -0.2) is 90.8 Å². The molecule has 0 saturated carbocycles. The molecule has 0 aromatic heterocycles. The normalized spacial score (nSPS) is 20.7. The van der Waals surface area contributed by atoms with E-state index in [0.29, 0.717) is 19.6 Å². The fourth-order valence-corrected chi connectivity index (χ4v) is 4.09. The Bertz CT molecular complexity index is 789. The second kappa shape index (κ2) is 10.0. The van der Waals surface area contributed by atoms with Crippen molar-refractivity contribution in [1.82, 2.24) is 20.0 Å². The molecule has 8 heteroatoms. The molecule has 2 aliphatic rings. The Morgan fingerprint density at radius 1 is 1.10 bits per heavy atom. The van der Waals surface area contributed by atoms with E-state index in [1.54, 1.807) is 4.90 Å². The summed E-state index contributed by atoms with van der Waals surface area (Å²) < 4.78 is 0. The van der Waals surface area contributed by atoms with Crippen molar-refractivity contribution < 1.29 is 14.4 Å². The van der Waals surface area contributed by atoms with Crippen LogP contribution in [0.5, 0.6) is 0 Å². The molecule has 8 nitrogen and oxygen atoms in total. The van der Waals surface area contributed by atoms with E-state index in [-0.39, 0.29) is 24.1 Å². The lowest BCUT2D eigenvalue weighted by Crippen LogP contribution is -2.60. The highest BCUT2D eigenvalue weighted by Gasteiger charge is 2.35. The maximum absolute atomic E-state index is 13.0. The predicted molar refractivity (Wildman–Crippen MR) is 116 cm³/mol. The molecular weight excluding hydrogens is 382 g/mol. The zero-order valence-corrected chi connectivity index (χ0v) is 18.2. The predicted octanol–water partition coefficient (Wildman–Crippen LogP) is 0.597. The number of benzene rings is 1. The Kier molecular flexibility index (Phi) is 7.44. The number of piperazine rings is 2. The summed E-state index contributed by atoms with van der Waals surface area (Å²) >= 11 is 0. The molecule has 2 heterocycles. The topological polar surface area (TPSA) is 85.0 Å². The minimum Gasteiger partial charge on any atom is -0.353 e. The van der Waals surface area contributed by atoms with Gasteiger partial charge in [0, 0.05) is 45.0 Å². The van der Waals surface area contributed by atoms with Gasteiger partial charge in [-0.3, -0.25) is 19.3 Å². The highest BCUT2D eigenvalue weighted by molar-refractivity contribution is 5.98. The molecular formula is C22H33N5O3. The minimum atomic E-state index is -0.770. The van der Waals surface area contributed by atoms with E-state index in [9.17, 15) is 14.4 Å². The van der Waals surface area contributed by atoms with Crippen LogP contribution in [0.2, 0.25) is 0 Å². The lowest BCUT2D eigenvalue weighted by atomic mass is 10.1. The molecule has 0 radical (unpaired) electrons. The van der Waals surface area contributed by atoms with E-state index in [4.69, 9.17) is 0 Å². The van der Waals surface area contributed by atoms with E-state index in [0.717, 1.165) is 49.5 Å². The van der Waals surface area contributed by atoms with Crippen molar-refractivity contribution in [3.05, 3.63) is 29.3 Å². The third-order valence-electron chi connectivity index (χ3n) is 5.96. The van der Waals surface area contributed by atoms with Crippen molar-refractivity contribution in [2.75, 3.05) is 57.7 Å². The van der Waals surface area contributed by atoms with E-state index in [1.165, 1.54) is 0 Å². The van der Waals surface area contributed by atoms with Crippen LogP contribution in [0.4, 0.5) is 5.69 Å². The lowest BCUT2D eigenvalue weighted by molar-refractivity contribution is -0.145. The zero-order chi connectivity index (χ0) is 21.7. The molecule has 0 unspecified atom stereocenters. The van der Waals surface area contributed by atoms with E-state index >= 15 is 0 Å². The van der Waals surface area contributed by atoms with Gasteiger partial charge in [0.05, 0.1) is 13.0 Å². The van der Waals surface area contributed by atoms with E-state index < -0.39 is 6.04 Å². The minimum absolute atomic E-state index is 0.0471. The molecule has 164 valence electrons. The van der Waals surface area contributed by atoms with Crippen LogP contribution in [0.3, 0.4) is 0 Å². The molecule has 2 N–H and O–H groups in total. The monoisotopic (exact) mass is 415 g/mol. The number of hydrogen-bond acceptors (Lipinski definition) is 5. The molecule has 2 aliphatic heterocycles. The van der Waals surface area contributed by atoms with Gasteiger partial charge in [0.1, 0.15) is 6.04 Å². The number of carbonyl (C=O) groups is 3. The number of anilines is 1. The first kappa shape index (κ1) is 22.2. The Morgan fingerprint density at radius 2 is 1.80 bits per heavy atom. The van der Waals surface area contributed by atoms with Gasteiger partial charge in [-0.25, -0.2) is 0 Å². The standard InChI is InChI=1S/C22H33N5O3/c1-4-25-9-11-26(12-10-25)15-21(29)27-8-7-23-22(30)19(27)14-20(28)24-18-6-5-16(2)13-17(18)3/h5-6,13,19H,4,7-12,14-15H2,1-3H3,(H,23,30)(H,24,28)/t19-/m1/s1. The summed E-state index contributed by atoms with van der Waals surface area (Å²) in [5.74, 6) is -0.612. The zero-order valence-electron chi connectivity index (χ0n) is 18.2. The number of aryl methyl sites for hydroxylation is 2. The van der Waals surface area contributed by atoms with Crippen molar-refractivity contribution in [2.45, 2.75) is 33.2 Å². The SMILES string of the molecule is CCN1CCN(CC(=O)N2CCNC(=O)[C@H]2CC(=O)Nc2ccc(C)cc2C)CC1. The Labute approximate surface area is 178 Å². The largest absolute Gasteiger partial charge is 0.353 e. The molecule has 30 heavy (non-hydrogen) atoms. The molecule has 3 rings (SSSR count). The second-order valence-corrected chi connectivity index (χ2v) is 8.18. The Hall–Kier alpha value is -2.45. The van der Waals surface area contributed by atoms with E-state index in [1.807, 2.05) is 32.0 Å². The summed E-state index contributed by atoms with van der Waals surface area (Å²) in [6.45, 7) is 11.8. The quantitative estimate of drug-likeness (QED) is 0.711. The van der Waals surface area contributed by atoms with Crippen molar-refractivity contribution in [2.24, 2.45) is 0 Å². The Balaban J connectivity index is 1.60. The molecule has 1 aromatic carbocycles. The molecule has 0 aliphatic carbocycles. The number of nitrogens with zero attached hydrogens (tertiary/aromatic N) is 3. The van der Waals surface area contributed by atoms with Gasteiger partial charge >= 0.3 is 0 Å². The molecule has 3 amide bonds. The van der Waals surface area contributed by atoms with Crippen LogP contribution in [0.25, 0.3) is 0 Å². The Morgan fingerprint density at radius 3 is 2.47 bits per heavy atom. The van der Waals surface area contributed by atoms with Gasteiger partial charge in [0.15, 0.2) is 0 Å². The smallest absolute Gasteiger partial charge is 0.243 e. The molecule has 0 spiro atoms. The maximum atomic E-state index is 13.0. The van der Waals surface area contributed by atoms with Crippen LogP contribution in [0.1, 0.15) is 24.5 Å². The molecule has 1 aromatic rings. The highest BCUT2D eigenvalue weighted by atomic mass is 16.2. The third-order valence-corrected chi connectivity index (χ3v) is 5.96. The number of carbonyl (C=O) groups excluding carboxylic acids is 3. The molecule has 2 saturated heterocycles. The number of amides is 3. The fraction of sp³-hybridized carbons (Fsp3) is 0.591. The van der Waals surface area contributed by atoms with Crippen LogP contribution in [-0.2, 0) is 14.4 Å². The number of nitrogens with one attached hydrogen (secondary N) is 2. The summed E-state index contributed by atoms with van der Waals surface area (Å²) in [4.78, 5) is 44.2. The first-order valence-electron chi connectivity index (χ1n) is 10.8. The summed E-state index contributed by atoms with van der Waals surface area (Å²) in [5.41, 5.74) is 2.82. The van der Waals surface area contributed by atoms with Gasteiger partial charge in [0.25, 0.3) is 0 Å². The first-order valence-corrected chi connectivity index (χ1v) is 10.8. The maximum Gasteiger partial charge on any atom is 0.243 e. The van der Waals surface area contributed by atoms with Gasteiger partial charge in [-0.2, -0.15) is 0 Å². The van der Waals surface area contributed by atoms with Crippen LogP contribution >= 0.6 is 0 Å². The summed E-state index contributed by atoms with van der Waals surface area (Å²) in [6.07, 6.45) is -0.0471. The molecule has 2 fully saturated rings. The highest BCUT2D eigenvalue weighted by Crippen LogP contribution is 2.18. The van der Waals surface area contributed by atoms with Crippen molar-refractivity contribution in [3.8, 4) is 0 Å². The van der Waals surface area contributed by atoms with Gasteiger partial charge in [0.2, 0.25) is 17.7 Å². The second-order valence-electron chi connectivity index (χ2n) is 8.18. The van der Waals surface area contributed by atoms with Crippen molar-refractivity contribution in [1.29, 1.82) is 0 Å². The van der Waals surface area contributed by atoms with E-state index in [2.05, 4.69) is 27.4 Å². The van der Waals surface area contributed by atoms with Crippen molar-refractivity contribution >= 4 is 23.4 Å². The molecule has 0 bridgehead atoms. The van der Waals surface area contributed by atoms with Crippen LogP contribution < -0.4 is 10.6 Å². The lowest BCUT2D eigenvalue weighted by Gasteiger charge is -2.38. The van der Waals surface area contributed by atoms with Crippen molar-refractivity contribution in [3.63, 3.8) is 0 Å². The summed E-state index contributed by atoms with van der Waals surface area (Å²) in [6, 6.07) is 5.03. The number of rotatable bonds is 6. The fourth-order valence-electron chi connectivity index (χ4n) is 4.09. The number of likely N-dealkylation sites (N-methyl/N-ethyl adjacent to an activating group) is 1. The van der Waals surface area contributed by atoms with Gasteiger partial charge < -0.3 is 20.4 Å². The van der Waals surface area contributed by atoms with Crippen LogP contribution in [0.15, 0.2) is 18.2 Å². The van der Waals surface area contributed by atoms with Gasteiger partial charge in [-0.05, 0) is 32.0 Å². The average molecular weight is 416 g/mol. The molecule has 1 atom stereocenters. The average Bonchev–Trinajstić information content (AvgIpc) is 2.72. The summed E-state index contributed by atoms with van der Waals surface area (Å²) in [7, 11) is 0. The van der Waals surface area contributed by atoms with Crippen LogP contribution in [0, 0.1) is 13.8 Å². The number of hydrogen-bond donors (Lipinski definition) is 2. The first-order chi connectivity index (χ1) is 14.4. The van der Waals surface area contributed by atoms with Gasteiger partial charge in [-0.15, -0.1) is 0 Å². The third kappa shape index (κ3) is 5.58. The summed E-state index contributed by atoms with van der Waals surface area (Å²) in [5, 5.41) is 5.67.